The number of aliphatic hydroxyl groups is 1. The highest BCUT2D eigenvalue weighted by Crippen LogP contribution is 2.27. The van der Waals surface area contributed by atoms with Gasteiger partial charge in [-0.2, -0.15) is 0 Å². The van der Waals surface area contributed by atoms with E-state index in [4.69, 9.17) is 23.7 Å². The molecule has 2 aromatic rings. The van der Waals surface area contributed by atoms with Crippen molar-refractivity contribution in [3.8, 4) is 11.5 Å². The first-order valence-electron chi connectivity index (χ1n) is 16.5. The minimum Gasteiger partial charge on any atom is -0.491 e. The number of para-hydroxylation sites is 2. The van der Waals surface area contributed by atoms with E-state index < -0.39 is 6.10 Å². The van der Waals surface area contributed by atoms with Crippen molar-refractivity contribution in [1.82, 2.24) is 10.2 Å². The zero-order valence-electron chi connectivity index (χ0n) is 28.3. The highest BCUT2D eigenvalue weighted by Gasteiger charge is 2.25. The van der Waals surface area contributed by atoms with Gasteiger partial charge in [0.1, 0.15) is 36.9 Å². The molecule has 5 rings (SSSR count). The average Bonchev–Trinajstić information content (AvgIpc) is 3.80. The lowest BCUT2D eigenvalue weighted by molar-refractivity contribution is -0.0787. The van der Waals surface area contributed by atoms with Gasteiger partial charge in [-0.3, -0.25) is 4.90 Å². The maximum absolute atomic E-state index is 10.3. The molecular formula is C36H58N2O6. The van der Waals surface area contributed by atoms with E-state index in [0.717, 1.165) is 44.3 Å². The minimum atomic E-state index is -0.488. The molecule has 3 heterocycles. The van der Waals surface area contributed by atoms with Crippen molar-refractivity contribution in [2.24, 2.45) is 0 Å². The van der Waals surface area contributed by atoms with Crippen LogP contribution in [0.2, 0.25) is 0 Å². The Morgan fingerprint density at radius 1 is 0.773 bits per heavy atom. The number of benzene rings is 2. The molecule has 0 aliphatic carbocycles. The second-order valence-electron chi connectivity index (χ2n) is 13.0. The summed E-state index contributed by atoms with van der Waals surface area (Å²) in [5.74, 6) is 2.79. The average molecular weight is 615 g/mol. The zero-order chi connectivity index (χ0) is 32.1. The van der Waals surface area contributed by atoms with Crippen molar-refractivity contribution in [2.45, 2.75) is 104 Å². The van der Waals surface area contributed by atoms with Crippen molar-refractivity contribution < 1.29 is 28.8 Å². The molecule has 44 heavy (non-hydrogen) atoms. The third-order valence-corrected chi connectivity index (χ3v) is 7.63. The van der Waals surface area contributed by atoms with E-state index in [2.05, 4.69) is 83.8 Å². The Balaban J connectivity index is 0.000000203. The van der Waals surface area contributed by atoms with Gasteiger partial charge in [-0.15, -0.1) is 0 Å². The molecular weight excluding hydrogens is 556 g/mol. The van der Waals surface area contributed by atoms with Gasteiger partial charge in [0.15, 0.2) is 0 Å². The van der Waals surface area contributed by atoms with E-state index in [0.29, 0.717) is 49.9 Å². The summed E-state index contributed by atoms with van der Waals surface area (Å²) < 4.78 is 27.8. The number of rotatable bonds is 10. The van der Waals surface area contributed by atoms with Crippen molar-refractivity contribution >= 4 is 0 Å². The third-order valence-electron chi connectivity index (χ3n) is 7.63. The molecule has 248 valence electrons. The van der Waals surface area contributed by atoms with E-state index >= 15 is 0 Å². The number of epoxide rings is 1. The van der Waals surface area contributed by atoms with Crippen LogP contribution in [0.3, 0.4) is 0 Å². The second-order valence-corrected chi connectivity index (χ2v) is 13.0. The molecule has 0 aromatic heterocycles. The molecule has 2 N–H and O–H groups in total. The van der Waals surface area contributed by atoms with E-state index in [1.807, 2.05) is 30.3 Å². The van der Waals surface area contributed by atoms with Crippen LogP contribution >= 0.6 is 0 Å². The van der Waals surface area contributed by atoms with Gasteiger partial charge < -0.3 is 34.1 Å². The van der Waals surface area contributed by atoms with Gasteiger partial charge in [0.2, 0.25) is 0 Å². The van der Waals surface area contributed by atoms with Gasteiger partial charge >= 0.3 is 0 Å². The molecule has 0 bridgehead atoms. The van der Waals surface area contributed by atoms with Crippen LogP contribution < -0.4 is 14.8 Å². The van der Waals surface area contributed by atoms with E-state index in [1.165, 1.54) is 11.1 Å². The van der Waals surface area contributed by atoms with Crippen LogP contribution in [0.15, 0.2) is 48.5 Å². The normalized spacial score (nSPS) is 25.8. The SMILES string of the molecule is CC(C)c1ccccc1OCC1CO1.CC1CN(CC(O)COc2ccccc2C(C)C)CC(C)O1.CC1CNCC(C)O1. The van der Waals surface area contributed by atoms with Crippen molar-refractivity contribution in [3.05, 3.63) is 59.7 Å². The highest BCUT2D eigenvalue weighted by molar-refractivity contribution is 5.36. The Bertz CT molecular complexity index is 1060. The molecule has 3 aliphatic rings. The Kier molecular flexibility index (Phi) is 15.4. The maximum atomic E-state index is 10.3. The lowest BCUT2D eigenvalue weighted by Gasteiger charge is -2.36. The summed E-state index contributed by atoms with van der Waals surface area (Å²) in [6, 6.07) is 16.3. The molecule has 0 spiro atoms. The summed E-state index contributed by atoms with van der Waals surface area (Å²) in [6.07, 6.45) is 1.09. The Labute approximate surface area is 266 Å². The summed E-state index contributed by atoms with van der Waals surface area (Å²) in [5.41, 5.74) is 2.46. The van der Waals surface area contributed by atoms with Crippen molar-refractivity contribution in [2.75, 3.05) is 52.5 Å². The largest absolute Gasteiger partial charge is 0.491 e. The van der Waals surface area contributed by atoms with Crippen LogP contribution in [0.4, 0.5) is 0 Å². The summed E-state index contributed by atoms with van der Waals surface area (Å²) in [7, 11) is 0. The van der Waals surface area contributed by atoms with Gasteiger partial charge in [-0.1, -0.05) is 64.1 Å². The predicted octanol–water partition coefficient (Wildman–Crippen LogP) is 5.63. The molecule has 3 saturated heterocycles. The van der Waals surface area contributed by atoms with Crippen molar-refractivity contribution in [3.63, 3.8) is 0 Å². The molecule has 0 amide bonds. The number of ether oxygens (including phenoxy) is 5. The smallest absolute Gasteiger partial charge is 0.122 e. The van der Waals surface area contributed by atoms with Crippen LogP contribution in [0.5, 0.6) is 11.5 Å². The molecule has 3 aliphatic heterocycles. The van der Waals surface area contributed by atoms with Crippen LogP contribution in [-0.2, 0) is 14.2 Å². The molecule has 3 fully saturated rings. The standard InChI is InChI=1S/C18H29NO3.C12H16O2.C6H13NO/c1-13(2)17-7-5-6-8-18(17)21-12-16(20)11-19-9-14(3)22-15(4)10-19;1-9(2)11-5-3-4-6-12(11)14-8-10-7-13-10;1-5-3-7-4-6(2)8-5/h5-8,13-16,20H,9-12H2,1-4H3;3-6,9-10H,7-8H2,1-2H3;5-7H,3-4H2,1-2H3. The first kappa shape index (κ1) is 36.3. The first-order valence-corrected chi connectivity index (χ1v) is 16.5. The lowest BCUT2D eigenvalue weighted by atomic mass is 10.0. The fourth-order valence-electron chi connectivity index (χ4n) is 5.48. The number of nitrogens with zero attached hydrogens (tertiary/aromatic N) is 1. The fourth-order valence-corrected chi connectivity index (χ4v) is 5.48. The fraction of sp³-hybridized carbons (Fsp3) is 0.667. The Hall–Kier alpha value is -2.20. The van der Waals surface area contributed by atoms with E-state index in [1.54, 1.807) is 0 Å². The number of nitrogens with one attached hydrogen (secondary N) is 1. The zero-order valence-corrected chi connectivity index (χ0v) is 28.3. The predicted molar refractivity (Wildman–Crippen MR) is 177 cm³/mol. The summed E-state index contributed by atoms with van der Waals surface area (Å²) in [5, 5.41) is 13.5. The Morgan fingerprint density at radius 3 is 1.70 bits per heavy atom. The summed E-state index contributed by atoms with van der Waals surface area (Å²) >= 11 is 0. The maximum Gasteiger partial charge on any atom is 0.122 e. The first-order chi connectivity index (χ1) is 21.0. The molecule has 0 saturated carbocycles. The van der Waals surface area contributed by atoms with Crippen molar-refractivity contribution in [1.29, 1.82) is 0 Å². The van der Waals surface area contributed by atoms with Crippen LogP contribution in [0.25, 0.3) is 0 Å². The number of hydrogen-bond donors (Lipinski definition) is 2. The third kappa shape index (κ3) is 13.4. The molecule has 6 unspecified atom stereocenters. The molecule has 2 aromatic carbocycles. The van der Waals surface area contributed by atoms with Crippen LogP contribution in [0, 0.1) is 0 Å². The van der Waals surface area contributed by atoms with Gasteiger partial charge in [0.05, 0.1) is 31.0 Å². The monoisotopic (exact) mass is 614 g/mol. The summed E-state index contributed by atoms with van der Waals surface area (Å²) in [6.45, 7) is 23.2. The van der Waals surface area contributed by atoms with Crippen LogP contribution in [0.1, 0.15) is 78.4 Å². The summed E-state index contributed by atoms with van der Waals surface area (Å²) in [4.78, 5) is 2.25. The number of aliphatic hydroxyl groups excluding tert-OH is 1. The number of β-amino-alcohol motifs (C(OH)–C–C–N with tert-alkyl or cyclic N) is 1. The van der Waals surface area contributed by atoms with Gasteiger partial charge in [-0.25, -0.2) is 0 Å². The highest BCUT2D eigenvalue weighted by atomic mass is 16.6. The number of hydrogen-bond acceptors (Lipinski definition) is 8. The topological polar surface area (TPSA) is 85.0 Å². The minimum absolute atomic E-state index is 0.221. The molecule has 0 radical (unpaired) electrons. The molecule has 8 heteroatoms. The lowest BCUT2D eigenvalue weighted by Crippen LogP contribution is -2.48. The van der Waals surface area contributed by atoms with Gasteiger partial charge in [-0.05, 0) is 62.8 Å². The number of morpholine rings is 2. The van der Waals surface area contributed by atoms with Crippen LogP contribution in [-0.4, -0.2) is 99.2 Å². The van der Waals surface area contributed by atoms with E-state index in [-0.39, 0.29) is 12.2 Å². The quantitative estimate of drug-likeness (QED) is 0.333. The molecule has 8 nitrogen and oxygen atoms in total. The molecule has 6 atom stereocenters. The second kappa shape index (κ2) is 18.7. The Morgan fingerprint density at radius 2 is 1.25 bits per heavy atom. The van der Waals surface area contributed by atoms with E-state index in [9.17, 15) is 5.11 Å². The van der Waals surface area contributed by atoms with Gasteiger partial charge in [0.25, 0.3) is 0 Å². The van der Waals surface area contributed by atoms with Gasteiger partial charge in [0, 0.05) is 32.7 Å².